The van der Waals surface area contributed by atoms with E-state index in [1.54, 1.807) is 42.5 Å². The van der Waals surface area contributed by atoms with Gasteiger partial charge in [0.1, 0.15) is 0 Å². The van der Waals surface area contributed by atoms with Gasteiger partial charge in [-0.05, 0) is 30.3 Å². The highest BCUT2D eigenvalue weighted by Crippen LogP contribution is 2.23. The fourth-order valence-corrected chi connectivity index (χ4v) is 2.61. The van der Waals surface area contributed by atoms with Gasteiger partial charge in [0.05, 0.1) is 21.8 Å². The number of hydrogen-bond acceptors (Lipinski definition) is 3. The van der Waals surface area contributed by atoms with Gasteiger partial charge in [0.25, 0.3) is 11.8 Å². The first-order valence-corrected chi connectivity index (χ1v) is 8.47. The molecule has 6 nitrogen and oxygen atoms in total. The van der Waals surface area contributed by atoms with E-state index in [0.29, 0.717) is 15.2 Å². The summed E-state index contributed by atoms with van der Waals surface area (Å²) in [7, 11) is 0. The van der Waals surface area contributed by atoms with Crippen LogP contribution in [0.1, 0.15) is 27.1 Å². The predicted molar refractivity (Wildman–Crippen MR) is 99.7 cm³/mol. The summed E-state index contributed by atoms with van der Waals surface area (Å²) < 4.78 is 0.708. The molecule has 4 N–H and O–H groups in total. The maximum Gasteiger partial charge on any atom is 0.257 e. The Morgan fingerprint density at radius 3 is 2.48 bits per heavy atom. The fourth-order valence-electron chi connectivity index (χ4n) is 2.05. The van der Waals surface area contributed by atoms with E-state index in [9.17, 15) is 14.4 Å². The first kappa shape index (κ1) is 19.0. The van der Waals surface area contributed by atoms with E-state index in [1.165, 1.54) is 0 Å². The zero-order valence-electron chi connectivity index (χ0n) is 13.0. The van der Waals surface area contributed by atoms with Gasteiger partial charge in [0, 0.05) is 17.4 Å². The summed E-state index contributed by atoms with van der Waals surface area (Å²) in [6, 6.07) is 11.4. The van der Waals surface area contributed by atoms with Gasteiger partial charge in [-0.1, -0.05) is 39.7 Å². The highest BCUT2D eigenvalue weighted by atomic mass is 79.9. The van der Waals surface area contributed by atoms with Crippen molar-refractivity contribution >= 4 is 50.9 Å². The van der Waals surface area contributed by atoms with E-state index < -0.39 is 17.7 Å². The van der Waals surface area contributed by atoms with Gasteiger partial charge in [-0.2, -0.15) is 0 Å². The molecule has 0 bridgehead atoms. The number of nitrogens with one attached hydrogen (secondary N) is 2. The molecule has 0 spiro atoms. The van der Waals surface area contributed by atoms with Crippen molar-refractivity contribution < 1.29 is 14.4 Å². The molecule has 0 unspecified atom stereocenters. The van der Waals surface area contributed by atoms with Crippen LogP contribution in [0.5, 0.6) is 0 Å². The summed E-state index contributed by atoms with van der Waals surface area (Å²) >= 11 is 9.34. The molecule has 0 heterocycles. The van der Waals surface area contributed by atoms with Crippen LogP contribution in [0.4, 0.5) is 5.69 Å². The molecule has 2 rings (SSSR count). The lowest BCUT2D eigenvalue weighted by Gasteiger charge is -2.12. The van der Waals surface area contributed by atoms with Crippen molar-refractivity contribution in [3.63, 3.8) is 0 Å². The van der Waals surface area contributed by atoms with Gasteiger partial charge in [0.2, 0.25) is 5.91 Å². The topological polar surface area (TPSA) is 101 Å². The molecule has 0 aromatic heterocycles. The summed E-state index contributed by atoms with van der Waals surface area (Å²) in [6.07, 6.45) is 0.0356. The Labute approximate surface area is 157 Å². The summed E-state index contributed by atoms with van der Waals surface area (Å²) in [5.74, 6) is -1.37. The summed E-state index contributed by atoms with van der Waals surface area (Å²) in [5, 5.41) is 5.55. The smallest absolute Gasteiger partial charge is 0.257 e. The van der Waals surface area contributed by atoms with Crippen molar-refractivity contribution in [2.75, 3.05) is 11.9 Å². The minimum Gasteiger partial charge on any atom is -0.370 e. The molecule has 0 fully saturated rings. The first-order chi connectivity index (χ1) is 11.9. The van der Waals surface area contributed by atoms with E-state index in [-0.39, 0.29) is 24.1 Å². The van der Waals surface area contributed by atoms with Gasteiger partial charge in [0.15, 0.2) is 0 Å². The van der Waals surface area contributed by atoms with E-state index in [2.05, 4.69) is 26.6 Å². The summed E-state index contributed by atoms with van der Waals surface area (Å²) in [6.45, 7) is 0.119. The van der Waals surface area contributed by atoms with Crippen molar-refractivity contribution in [3.05, 3.63) is 63.1 Å². The Morgan fingerprint density at radius 1 is 1.04 bits per heavy atom. The number of benzene rings is 2. The molecule has 0 aliphatic rings. The highest BCUT2D eigenvalue weighted by Gasteiger charge is 2.16. The Hall–Kier alpha value is -2.38. The van der Waals surface area contributed by atoms with E-state index in [4.69, 9.17) is 17.3 Å². The van der Waals surface area contributed by atoms with Crippen LogP contribution >= 0.6 is 27.5 Å². The molecule has 0 radical (unpaired) electrons. The molecule has 130 valence electrons. The SMILES string of the molecule is NC(=O)CCNC(=O)c1ccccc1NC(=O)c1cc(Br)ccc1Cl. The van der Waals surface area contributed by atoms with Gasteiger partial charge in [-0.3, -0.25) is 14.4 Å². The Morgan fingerprint density at radius 2 is 1.76 bits per heavy atom. The van der Waals surface area contributed by atoms with Gasteiger partial charge < -0.3 is 16.4 Å². The van der Waals surface area contributed by atoms with Crippen LogP contribution in [-0.4, -0.2) is 24.3 Å². The molecular formula is C17H15BrClN3O3. The molecule has 2 aromatic carbocycles. The van der Waals surface area contributed by atoms with E-state index in [1.807, 2.05) is 0 Å². The maximum absolute atomic E-state index is 12.5. The predicted octanol–water partition coefficient (Wildman–Crippen LogP) is 2.96. The number of carbonyl (C=O) groups is 3. The van der Waals surface area contributed by atoms with Crippen LogP contribution in [-0.2, 0) is 4.79 Å². The zero-order valence-corrected chi connectivity index (χ0v) is 15.4. The number of nitrogens with two attached hydrogens (primary N) is 1. The van der Waals surface area contributed by atoms with Crippen LogP contribution in [0.3, 0.4) is 0 Å². The highest BCUT2D eigenvalue weighted by molar-refractivity contribution is 9.10. The second-order valence-corrected chi connectivity index (χ2v) is 6.42. The largest absolute Gasteiger partial charge is 0.370 e. The number of rotatable bonds is 6. The lowest BCUT2D eigenvalue weighted by atomic mass is 10.1. The fraction of sp³-hybridized carbons (Fsp3) is 0.118. The van der Waals surface area contributed by atoms with Crippen LogP contribution in [0, 0.1) is 0 Å². The molecule has 0 atom stereocenters. The molecule has 0 aliphatic heterocycles. The van der Waals surface area contributed by atoms with Crippen molar-refractivity contribution in [2.24, 2.45) is 5.73 Å². The van der Waals surface area contributed by atoms with Crippen LogP contribution in [0.15, 0.2) is 46.9 Å². The maximum atomic E-state index is 12.5. The van der Waals surface area contributed by atoms with Gasteiger partial charge >= 0.3 is 0 Å². The Balaban J connectivity index is 2.17. The lowest BCUT2D eigenvalue weighted by molar-refractivity contribution is -0.117. The lowest BCUT2D eigenvalue weighted by Crippen LogP contribution is -2.28. The molecular weight excluding hydrogens is 410 g/mol. The summed E-state index contributed by atoms with van der Waals surface area (Å²) in [4.78, 5) is 35.4. The van der Waals surface area contributed by atoms with Crippen molar-refractivity contribution in [1.29, 1.82) is 0 Å². The zero-order chi connectivity index (χ0) is 18.4. The normalized spacial score (nSPS) is 10.2. The average molecular weight is 425 g/mol. The third-order valence-electron chi connectivity index (χ3n) is 3.25. The molecule has 8 heteroatoms. The summed E-state index contributed by atoms with van der Waals surface area (Å²) in [5.41, 5.74) is 5.92. The van der Waals surface area contributed by atoms with Gasteiger partial charge in [-0.25, -0.2) is 0 Å². The third-order valence-corrected chi connectivity index (χ3v) is 4.07. The Kier molecular flexibility index (Phi) is 6.55. The standard InChI is InChI=1S/C17H15BrClN3O3/c18-10-5-6-13(19)12(9-10)17(25)22-14-4-2-1-3-11(14)16(24)21-8-7-15(20)23/h1-6,9H,7-8H2,(H2,20,23)(H,21,24)(H,22,25). The first-order valence-electron chi connectivity index (χ1n) is 7.30. The second kappa shape index (κ2) is 8.64. The van der Waals surface area contributed by atoms with Crippen molar-refractivity contribution in [1.82, 2.24) is 5.32 Å². The Bertz CT molecular complexity index is 827. The van der Waals surface area contributed by atoms with Crippen molar-refractivity contribution in [3.8, 4) is 0 Å². The number of anilines is 1. The number of halogens is 2. The van der Waals surface area contributed by atoms with Crippen LogP contribution < -0.4 is 16.4 Å². The number of primary amides is 1. The quantitative estimate of drug-likeness (QED) is 0.664. The third kappa shape index (κ3) is 5.30. The minimum absolute atomic E-state index is 0.0356. The number of hydrogen-bond donors (Lipinski definition) is 3. The van der Waals surface area contributed by atoms with Crippen LogP contribution in [0.2, 0.25) is 5.02 Å². The number of amides is 3. The number of carbonyl (C=O) groups excluding carboxylic acids is 3. The molecule has 25 heavy (non-hydrogen) atoms. The molecule has 3 amide bonds. The van der Waals surface area contributed by atoms with E-state index in [0.717, 1.165) is 0 Å². The monoisotopic (exact) mass is 423 g/mol. The average Bonchev–Trinajstić information content (AvgIpc) is 2.57. The van der Waals surface area contributed by atoms with E-state index >= 15 is 0 Å². The molecule has 2 aromatic rings. The van der Waals surface area contributed by atoms with Crippen molar-refractivity contribution in [2.45, 2.75) is 6.42 Å². The molecule has 0 saturated carbocycles. The van der Waals surface area contributed by atoms with Crippen LogP contribution in [0.25, 0.3) is 0 Å². The molecule has 0 saturated heterocycles. The number of para-hydroxylation sites is 1. The second-order valence-electron chi connectivity index (χ2n) is 5.10. The minimum atomic E-state index is -0.508. The molecule has 0 aliphatic carbocycles. The van der Waals surface area contributed by atoms with Gasteiger partial charge in [-0.15, -0.1) is 0 Å².